The molecule has 0 bridgehead atoms. The minimum atomic E-state index is -0.0335. The third-order valence-electron chi connectivity index (χ3n) is 3.56. The van der Waals surface area contributed by atoms with E-state index in [1.807, 2.05) is 6.07 Å². The molecule has 1 saturated heterocycles. The molecule has 1 aliphatic rings. The van der Waals surface area contributed by atoms with Gasteiger partial charge in [-0.15, -0.1) is 0 Å². The van der Waals surface area contributed by atoms with Gasteiger partial charge in [0.05, 0.1) is 22.6 Å². The fourth-order valence-corrected chi connectivity index (χ4v) is 2.65. The molecule has 2 N–H and O–H groups in total. The van der Waals surface area contributed by atoms with Crippen LogP contribution in [-0.2, 0) is 11.2 Å². The molecule has 0 aliphatic carbocycles. The van der Waals surface area contributed by atoms with Crippen LogP contribution >= 0.6 is 23.2 Å². The number of benzene rings is 1. The summed E-state index contributed by atoms with van der Waals surface area (Å²) in [5, 5.41) is 5.04. The van der Waals surface area contributed by atoms with E-state index in [9.17, 15) is 0 Å². The second-order valence-electron chi connectivity index (χ2n) is 5.11. The number of nitrogens with zero attached hydrogens (tertiary/aromatic N) is 2. The Morgan fingerprint density at radius 3 is 2.90 bits per heavy atom. The molecule has 0 radical (unpaired) electrons. The standard InChI is InChI=1S/C14H15Cl2N3O2/c15-10-2-1-8(5-11(10)16)6-13-18-14(21-19-13)9-7-20-4-3-12(9)17/h1-2,5,9,12H,3-4,6-7,17H2. The summed E-state index contributed by atoms with van der Waals surface area (Å²) < 4.78 is 10.7. The predicted octanol–water partition coefficient (Wildman–Crippen LogP) is 2.80. The number of aromatic nitrogens is 2. The van der Waals surface area contributed by atoms with Crippen LogP contribution in [0.15, 0.2) is 22.7 Å². The third-order valence-corrected chi connectivity index (χ3v) is 4.30. The minimum absolute atomic E-state index is 0.00275. The average molecular weight is 328 g/mol. The van der Waals surface area contributed by atoms with Crippen LogP contribution < -0.4 is 5.73 Å². The summed E-state index contributed by atoms with van der Waals surface area (Å²) in [4.78, 5) is 4.42. The third kappa shape index (κ3) is 3.37. The lowest BCUT2D eigenvalue weighted by molar-refractivity contribution is 0.0590. The minimum Gasteiger partial charge on any atom is -0.381 e. The van der Waals surface area contributed by atoms with Gasteiger partial charge in [-0.05, 0) is 24.1 Å². The van der Waals surface area contributed by atoms with Crippen molar-refractivity contribution in [3.05, 3.63) is 45.5 Å². The highest BCUT2D eigenvalue weighted by molar-refractivity contribution is 6.42. The highest BCUT2D eigenvalue weighted by Crippen LogP contribution is 2.25. The molecule has 2 unspecified atom stereocenters. The molecule has 3 rings (SSSR count). The maximum Gasteiger partial charge on any atom is 0.233 e. The van der Waals surface area contributed by atoms with Gasteiger partial charge in [-0.2, -0.15) is 4.98 Å². The van der Waals surface area contributed by atoms with Crippen LogP contribution in [-0.4, -0.2) is 29.4 Å². The maximum absolute atomic E-state index is 6.07. The van der Waals surface area contributed by atoms with Crippen LogP contribution in [0, 0.1) is 0 Å². The van der Waals surface area contributed by atoms with Gasteiger partial charge in [-0.25, -0.2) is 0 Å². The summed E-state index contributed by atoms with van der Waals surface area (Å²) >= 11 is 11.9. The van der Waals surface area contributed by atoms with Crippen molar-refractivity contribution in [3.63, 3.8) is 0 Å². The summed E-state index contributed by atoms with van der Waals surface area (Å²) in [5.41, 5.74) is 7.04. The van der Waals surface area contributed by atoms with Crippen LogP contribution in [0.1, 0.15) is 29.6 Å². The summed E-state index contributed by atoms with van der Waals surface area (Å²) in [6, 6.07) is 5.44. The molecule has 2 heterocycles. The SMILES string of the molecule is NC1CCOCC1c1nc(Cc2ccc(Cl)c(Cl)c2)no1. The topological polar surface area (TPSA) is 74.2 Å². The molecule has 21 heavy (non-hydrogen) atoms. The first-order valence-corrected chi connectivity index (χ1v) is 7.49. The van der Waals surface area contributed by atoms with Gasteiger partial charge in [-0.3, -0.25) is 0 Å². The van der Waals surface area contributed by atoms with Crippen LogP contribution in [0.25, 0.3) is 0 Å². The lowest BCUT2D eigenvalue weighted by Gasteiger charge is -2.25. The zero-order chi connectivity index (χ0) is 14.8. The molecule has 0 saturated carbocycles. The second kappa shape index (κ2) is 6.32. The van der Waals surface area contributed by atoms with Gasteiger partial charge in [0.25, 0.3) is 0 Å². The number of ether oxygens (including phenoxy) is 1. The predicted molar refractivity (Wildman–Crippen MR) is 79.7 cm³/mol. The quantitative estimate of drug-likeness (QED) is 0.938. The van der Waals surface area contributed by atoms with E-state index in [0.717, 1.165) is 12.0 Å². The van der Waals surface area contributed by atoms with Gasteiger partial charge in [0.15, 0.2) is 5.82 Å². The number of halogens is 2. The monoisotopic (exact) mass is 327 g/mol. The van der Waals surface area contributed by atoms with Gasteiger partial charge in [0.1, 0.15) is 0 Å². The smallest absolute Gasteiger partial charge is 0.233 e. The second-order valence-corrected chi connectivity index (χ2v) is 5.92. The van der Waals surface area contributed by atoms with E-state index in [1.165, 1.54) is 0 Å². The van der Waals surface area contributed by atoms with Gasteiger partial charge in [-0.1, -0.05) is 34.4 Å². The Kier molecular flexibility index (Phi) is 4.45. The Balaban J connectivity index is 1.74. The van der Waals surface area contributed by atoms with Crippen molar-refractivity contribution in [1.82, 2.24) is 10.1 Å². The normalized spacial score (nSPS) is 22.4. The lowest BCUT2D eigenvalue weighted by atomic mass is 9.97. The van der Waals surface area contributed by atoms with E-state index in [1.54, 1.807) is 12.1 Å². The van der Waals surface area contributed by atoms with E-state index in [-0.39, 0.29) is 12.0 Å². The summed E-state index contributed by atoms with van der Waals surface area (Å²) in [6.45, 7) is 1.21. The zero-order valence-electron chi connectivity index (χ0n) is 11.3. The van der Waals surface area contributed by atoms with E-state index >= 15 is 0 Å². The fourth-order valence-electron chi connectivity index (χ4n) is 2.33. The maximum atomic E-state index is 6.07. The summed E-state index contributed by atoms with van der Waals surface area (Å²) in [6.07, 6.45) is 1.33. The van der Waals surface area contributed by atoms with Crippen LogP contribution in [0.4, 0.5) is 0 Å². The Bertz CT molecular complexity index is 632. The molecule has 112 valence electrons. The van der Waals surface area contributed by atoms with Crippen LogP contribution in [0.5, 0.6) is 0 Å². The fraction of sp³-hybridized carbons (Fsp3) is 0.429. The molecule has 5 nitrogen and oxygen atoms in total. The summed E-state index contributed by atoms with van der Waals surface area (Å²) in [7, 11) is 0. The number of hydrogen-bond donors (Lipinski definition) is 1. The van der Waals surface area contributed by atoms with E-state index in [0.29, 0.717) is 41.4 Å². The molecule has 7 heteroatoms. The van der Waals surface area contributed by atoms with Crippen molar-refractivity contribution in [2.24, 2.45) is 5.73 Å². The van der Waals surface area contributed by atoms with E-state index < -0.39 is 0 Å². The van der Waals surface area contributed by atoms with E-state index in [2.05, 4.69) is 10.1 Å². The van der Waals surface area contributed by atoms with Crippen LogP contribution in [0.3, 0.4) is 0 Å². The van der Waals surface area contributed by atoms with Crippen molar-refractivity contribution >= 4 is 23.2 Å². The Morgan fingerprint density at radius 1 is 1.29 bits per heavy atom. The largest absolute Gasteiger partial charge is 0.381 e. The van der Waals surface area contributed by atoms with Crippen molar-refractivity contribution in [3.8, 4) is 0 Å². The molecular formula is C14H15Cl2N3O2. The zero-order valence-corrected chi connectivity index (χ0v) is 12.8. The first kappa shape index (κ1) is 14.8. The van der Waals surface area contributed by atoms with Crippen molar-refractivity contribution in [2.45, 2.75) is 24.8 Å². The molecule has 0 amide bonds. The first-order valence-electron chi connectivity index (χ1n) is 6.73. The Hall–Kier alpha value is -1.14. The number of rotatable bonds is 3. The lowest BCUT2D eigenvalue weighted by Crippen LogP contribution is -2.37. The van der Waals surface area contributed by atoms with Crippen molar-refractivity contribution in [2.75, 3.05) is 13.2 Å². The van der Waals surface area contributed by atoms with Crippen molar-refractivity contribution < 1.29 is 9.26 Å². The van der Waals surface area contributed by atoms with E-state index in [4.69, 9.17) is 38.2 Å². The molecule has 1 aromatic carbocycles. The molecule has 1 fully saturated rings. The van der Waals surface area contributed by atoms with Gasteiger partial charge >= 0.3 is 0 Å². The highest BCUT2D eigenvalue weighted by atomic mass is 35.5. The number of hydrogen-bond acceptors (Lipinski definition) is 5. The van der Waals surface area contributed by atoms with Gasteiger partial charge in [0.2, 0.25) is 5.89 Å². The van der Waals surface area contributed by atoms with Crippen LogP contribution in [0.2, 0.25) is 10.0 Å². The summed E-state index contributed by atoms with van der Waals surface area (Å²) in [5.74, 6) is 1.10. The average Bonchev–Trinajstić information content (AvgIpc) is 2.92. The molecule has 1 aliphatic heterocycles. The first-order chi connectivity index (χ1) is 10.1. The number of nitrogens with two attached hydrogens (primary N) is 1. The Labute approximate surface area is 132 Å². The molecule has 1 aromatic heterocycles. The van der Waals surface area contributed by atoms with Gasteiger partial charge < -0.3 is 15.0 Å². The molecular weight excluding hydrogens is 313 g/mol. The Morgan fingerprint density at radius 2 is 2.14 bits per heavy atom. The molecule has 2 aromatic rings. The highest BCUT2D eigenvalue weighted by Gasteiger charge is 2.29. The molecule has 2 atom stereocenters. The molecule has 0 spiro atoms. The van der Waals surface area contributed by atoms with Gasteiger partial charge in [0, 0.05) is 19.1 Å². The van der Waals surface area contributed by atoms with Crippen molar-refractivity contribution in [1.29, 1.82) is 0 Å².